The smallest absolute Gasteiger partial charge is 0.294 e. The van der Waals surface area contributed by atoms with Gasteiger partial charge in [-0.05, 0) is 53.1 Å². The summed E-state index contributed by atoms with van der Waals surface area (Å²) in [5.74, 6) is -0.645. The molecule has 3 amide bonds. The summed E-state index contributed by atoms with van der Waals surface area (Å²) < 4.78 is 0. The lowest BCUT2D eigenvalue weighted by atomic mass is 10.00. The summed E-state index contributed by atoms with van der Waals surface area (Å²) >= 11 is 0.806. The monoisotopic (exact) mass is 394 g/mol. The van der Waals surface area contributed by atoms with Crippen LogP contribution in [0.3, 0.4) is 0 Å². The average molecular weight is 394 g/mol. The molecule has 0 radical (unpaired) electrons. The predicted octanol–water partition coefficient (Wildman–Crippen LogP) is 3.01. The number of phenolic OH excluding ortho intramolecular Hbond substituents is 1. The van der Waals surface area contributed by atoms with E-state index in [4.69, 9.17) is 0 Å². The number of phenols is 1. The second-order valence-corrected chi connectivity index (χ2v) is 7.69. The highest BCUT2D eigenvalue weighted by atomic mass is 32.2. The first kappa shape index (κ1) is 18.3. The highest BCUT2D eigenvalue weighted by molar-refractivity contribution is 8.18. The molecule has 0 atom stereocenters. The van der Waals surface area contributed by atoms with Gasteiger partial charge < -0.3 is 10.0 Å². The molecule has 2 aromatic rings. The summed E-state index contributed by atoms with van der Waals surface area (Å²) in [5.41, 5.74) is 2.94. The molecule has 1 saturated heterocycles. The zero-order chi connectivity index (χ0) is 19.7. The maximum absolute atomic E-state index is 12.7. The van der Waals surface area contributed by atoms with Crippen LogP contribution in [0.4, 0.5) is 4.79 Å². The standard InChI is InChI=1S/C21H18N2O4S/c24-17-7-3-4-14(10-17)11-18-20(26)23(21(27)28-18)13-19(25)22-9-8-15-5-1-2-6-16(15)12-22/h1-7,10-11,24H,8-9,12-13H2/b18-11+. The molecular weight excluding hydrogens is 376 g/mol. The fourth-order valence-corrected chi connectivity index (χ4v) is 4.18. The minimum Gasteiger partial charge on any atom is -0.508 e. The van der Waals surface area contributed by atoms with Crippen LogP contribution in [-0.2, 0) is 22.6 Å². The minimum absolute atomic E-state index is 0.0773. The van der Waals surface area contributed by atoms with E-state index < -0.39 is 11.1 Å². The van der Waals surface area contributed by atoms with Crippen LogP contribution in [-0.4, -0.2) is 45.0 Å². The van der Waals surface area contributed by atoms with Crippen molar-refractivity contribution in [3.8, 4) is 5.75 Å². The lowest BCUT2D eigenvalue weighted by molar-refractivity contribution is -0.136. The number of hydrogen-bond acceptors (Lipinski definition) is 5. The van der Waals surface area contributed by atoms with Gasteiger partial charge >= 0.3 is 0 Å². The number of imide groups is 1. The van der Waals surface area contributed by atoms with Crippen LogP contribution in [0, 0.1) is 0 Å². The molecule has 1 N–H and O–H groups in total. The third-order valence-corrected chi connectivity index (χ3v) is 5.73. The maximum Gasteiger partial charge on any atom is 0.294 e. The van der Waals surface area contributed by atoms with Crippen molar-refractivity contribution in [2.75, 3.05) is 13.1 Å². The number of aromatic hydroxyl groups is 1. The average Bonchev–Trinajstić information content (AvgIpc) is 2.95. The van der Waals surface area contributed by atoms with Gasteiger partial charge in [0.25, 0.3) is 11.1 Å². The lowest BCUT2D eigenvalue weighted by Crippen LogP contribution is -2.44. The van der Waals surface area contributed by atoms with E-state index in [2.05, 4.69) is 6.07 Å². The Hall–Kier alpha value is -3.06. The summed E-state index contributed by atoms with van der Waals surface area (Å²) in [6.07, 6.45) is 2.31. The van der Waals surface area contributed by atoms with Gasteiger partial charge in [0.1, 0.15) is 12.3 Å². The largest absolute Gasteiger partial charge is 0.508 e. The summed E-state index contributed by atoms with van der Waals surface area (Å²) in [7, 11) is 0. The van der Waals surface area contributed by atoms with Crippen LogP contribution in [0.25, 0.3) is 6.08 Å². The SMILES string of the molecule is O=C(CN1C(=O)S/C(=C/c2cccc(O)c2)C1=O)N1CCc2ccccc2C1. The van der Waals surface area contributed by atoms with Crippen molar-refractivity contribution >= 4 is 34.9 Å². The Balaban J connectivity index is 1.46. The van der Waals surface area contributed by atoms with Crippen molar-refractivity contribution in [3.05, 3.63) is 70.1 Å². The first-order valence-corrected chi connectivity index (χ1v) is 9.72. The molecule has 2 aromatic carbocycles. The van der Waals surface area contributed by atoms with E-state index in [1.165, 1.54) is 17.7 Å². The molecule has 2 heterocycles. The van der Waals surface area contributed by atoms with E-state index in [1.54, 1.807) is 23.1 Å². The molecule has 2 aliphatic rings. The molecule has 7 heteroatoms. The predicted molar refractivity (Wildman–Crippen MR) is 106 cm³/mol. The zero-order valence-corrected chi connectivity index (χ0v) is 15.8. The highest BCUT2D eigenvalue weighted by Gasteiger charge is 2.37. The fourth-order valence-electron chi connectivity index (χ4n) is 3.35. The highest BCUT2D eigenvalue weighted by Crippen LogP contribution is 2.32. The van der Waals surface area contributed by atoms with Crippen molar-refractivity contribution in [1.82, 2.24) is 9.80 Å². The van der Waals surface area contributed by atoms with Crippen molar-refractivity contribution < 1.29 is 19.5 Å². The molecule has 0 bridgehead atoms. The van der Waals surface area contributed by atoms with Crippen LogP contribution in [0.2, 0.25) is 0 Å². The molecular formula is C21H18N2O4S. The van der Waals surface area contributed by atoms with E-state index in [1.807, 2.05) is 18.2 Å². The summed E-state index contributed by atoms with van der Waals surface area (Å²) in [6, 6.07) is 14.4. The maximum atomic E-state index is 12.7. The first-order valence-electron chi connectivity index (χ1n) is 8.90. The Morgan fingerprint density at radius 3 is 2.68 bits per heavy atom. The molecule has 0 aliphatic carbocycles. The zero-order valence-electron chi connectivity index (χ0n) is 15.0. The second kappa shape index (κ2) is 7.52. The Labute approximate surface area is 166 Å². The quantitative estimate of drug-likeness (QED) is 0.810. The molecule has 0 saturated carbocycles. The molecule has 4 rings (SSSR count). The van der Waals surface area contributed by atoms with Gasteiger partial charge in [-0.15, -0.1) is 0 Å². The van der Waals surface area contributed by atoms with E-state index in [-0.39, 0.29) is 23.1 Å². The van der Waals surface area contributed by atoms with Crippen LogP contribution in [0.1, 0.15) is 16.7 Å². The molecule has 0 aromatic heterocycles. The molecule has 0 unspecified atom stereocenters. The summed E-state index contributed by atoms with van der Waals surface area (Å²) in [5, 5.41) is 9.08. The van der Waals surface area contributed by atoms with Crippen LogP contribution < -0.4 is 0 Å². The molecule has 142 valence electrons. The van der Waals surface area contributed by atoms with Crippen LogP contribution in [0.15, 0.2) is 53.4 Å². The Morgan fingerprint density at radius 1 is 1.11 bits per heavy atom. The van der Waals surface area contributed by atoms with Crippen molar-refractivity contribution in [1.29, 1.82) is 0 Å². The van der Waals surface area contributed by atoms with Gasteiger partial charge in [-0.1, -0.05) is 36.4 Å². The van der Waals surface area contributed by atoms with Gasteiger partial charge in [0.2, 0.25) is 5.91 Å². The second-order valence-electron chi connectivity index (χ2n) is 6.70. The normalized spacial score (nSPS) is 17.9. The third kappa shape index (κ3) is 3.66. The van der Waals surface area contributed by atoms with Crippen molar-refractivity contribution in [3.63, 3.8) is 0 Å². The minimum atomic E-state index is -0.482. The third-order valence-electron chi connectivity index (χ3n) is 4.82. The topological polar surface area (TPSA) is 77.9 Å². The van der Waals surface area contributed by atoms with Crippen molar-refractivity contribution in [2.45, 2.75) is 13.0 Å². The molecule has 1 fully saturated rings. The van der Waals surface area contributed by atoms with Gasteiger partial charge in [0, 0.05) is 13.1 Å². The van der Waals surface area contributed by atoms with Crippen LogP contribution in [0.5, 0.6) is 5.75 Å². The van der Waals surface area contributed by atoms with E-state index in [9.17, 15) is 19.5 Å². The van der Waals surface area contributed by atoms with Gasteiger partial charge in [-0.2, -0.15) is 0 Å². The van der Waals surface area contributed by atoms with Gasteiger partial charge in [-0.25, -0.2) is 0 Å². The molecule has 2 aliphatic heterocycles. The van der Waals surface area contributed by atoms with Crippen molar-refractivity contribution in [2.24, 2.45) is 0 Å². The Bertz CT molecular complexity index is 1000. The Morgan fingerprint density at radius 2 is 1.89 bits per heavy atom. The Kier molecular flexibility index (Phi) is 4.92. The first-order chi connectivity index (χ1) is 13.5. The van der Waals surface area contributed by atoms with E-state index in [0.717, 1.165) is 28.6 Å². The number of rotatable bonds is 3. The summed E-state index contributed by atoms with van der Waals surface area (Å²) in [4.78, 5) is 40.5. The fraction of sp³-hybridized carbons (Fsp3) is 0.190. The number of amides is 3. The van der Waals surface area contributed by atoms with Gasteiger partial charge in [0.15, 0.2) is 0 Å². The van der Waals surface area contributed by atoms with Gasteiger partial charge in [-0.3, -0.25) is 19.3 Å². The number of nitrogens with zero attached hydrogens (tertiary/aromatic N) is 2. The molecule has 28 heavy (non-hydrogen) atoms. The van der Waals surface area contributed by atoms with Crippen LogP contribution >= 0.6 is 11.8 Å². The molecule has 6 nitrogen and oxygen atoms in total. The number of benzene rings is 2. The number of hydrogen-bond donors (Lipinski definition) is 1. The lowest BCUT2D eigenvalue weighted by Gasteiger charge is -2.29. The number of thioether (sulfide) groups is 1. The van der Waals surface area contributed by atoms with E-state index >= 15 is 0 Å². The van der Waals surface area contributed by atoms with Gasteiger partial charge in [0.05, 0.1) is 4.91 Å². The number of fused-ring (bicyclic) bond motifs is 1. The van der Waals surface area contributed by atoms with E-state index in [0.29, 0.717) is 18.7 Å². The summed E-state index contributed by atoms with van der Waals surface area (Å²) in [6.45, 7) is 0.805. The number of carbonyl (C=O) groups is 3. The number of carbonyl (C=O) groups excluding carboxylic acids is 3. The molecule has 0 spiro atoms.